The second-order valence-electron chi connectivity index (χ2n) is 5.30. The highest BCUT2D eigenvalue weighted by atomic mass is 32.1. The van der Waals surface area contributed by atoms with Crippen molar-refractivity contribution in [3.8, 4) is 16.3 Å². The third kappa shape index (κ3) is 2.28. The monoisotopic (exact) mass is 336 g/mol. The lowest BCUT2D eigenvalue weighted by Crippen LogP contribution is -1.93. The fourth-order valence-corrected chi connectivity index (χ4v) is 3.82. The van der Waals surface area contributed by atoms with E-state index in [0.717, 1.165) is 21.3 Å². The molecule has 5 nitrogen and oxygen atoms in total. The first-order valence-corrected chi connectivity index (χ1v) is 8.10. The molecule has 0 aliphatic carbocycles. The lowest BCUT2D eigenvalue weighted by Gasteiger charge is -2.00. The summed E-state index contributed by atoms with van der Waals surface area (Å²) < 4.78 is 5.65. The first kappa shape index (κ1) is 14.6. The second kappa shape index (κ2) is 5.58. The molecule has 0 radical (unpaired) electrons. The number of methoxy groups -OCH3 is 1. The molecule has 3 aromatic carbocycles. The number of nitrogens with zero attached hydrogens (tertiary/aromatic N) is 2. The Morgan fingerprint density at radius 2 is 1.88 bits per heavy atom. The van der Waals surface area contributed by atoms with Crippen molar-refractivity contribution in [3.63, 3.8) is 0 Å². The quantitative estimate of drug-likeness (QED) is 0.388. The highest BCUT2D eigenvalue weighted by Gasteiger charge is 2.23. The van der Waals surface area contributed by atoms with Crippen molar-refractivity contribution in [2.45, 2.75) is 0 Å². The van der Waals surface area contributed by atoms with Crippen LogP contribution in [0.4, 0.5) is 5.69 Å². The average Bonchev–Trinajstić information content (AvgIpc) is 3.04. The molecule has 0 spiro atoms. The summed E-state index contributed by atoms with van der Waals surface area (Å²) in [6, 6.07) is 17.5. The van der Waals surface area contributed by atoms with Gasteiger partial charge in [-0.05, 0) is 29.0 Å². The zero-order valence-electron chi connectivity index (χ0n) is 12.7. The molecular weight excluding hydrogens is 324 g/mol. The number of nitro groups is 1. The predicted octanol–water partition coefficient (Wildman–Crippen LogP) is 5.03. The smallest absolute Gasteiger partial charge is 0.330 e. The summed E-state index contributed by atoms with van der Waals surface area (Å²) in [4.78, 5) is 15.6. The molecule has 1 heterocycles. The van der Waals surface area contributed by atoms with E-state index in [1.807, 2.05) is 36.4 Å². The molecule has 0 N–H and O–H groups in total. The van der Waals surface area contributed by atoms with Gasteiger partial charge in [0.05, 0.1) is 17.5 Å². The third-order valence-electron chi connectivity index (χ3n) is 3.89. The van der Waals surface area contributed by atoms with Gasteiger partial charge in [0.2, 0.25) is 0 Å². The Morgan fingerprint density at radius 3 is 2.62 bits per heavy atom. The second-order valence-corrected chi connectivity index (χ2v) is 6.30. The van der Waals surface area contributed by atoms with Crippen LogP contribution in [-0.4, -0.2) is 17.0 Å². The van der Waals surface area contributed by atoms with Crippen LogP contribution in [0.1, 0.15) is 0 Å². The number of rotatable bonds is 3. The van der Waals surface area contributed by atoms with Gasteiger partial charge < -0.3 is 4.74 Å². The Labute approximate surface area is 141 Å². The van der Waals surface area contributed by atoms with Crippen molar-refractivity contribution in [1.82, 2.24) is 4.98 Å². The van der Waals surface area contributed by atoms with Crippen LogP contribution in [0.3, 0.4) is 0 Å². The molecule has 4 aromatic rings. The fourth-order valence-electron chi connectivity index (χ4n) is 2.74. The molecule has 0 fully saturated rings. The summed E-state index contributed by atoms with van der Waals surface area (Å²) in [6.45, 7) is 0. The number of fused-ring (bicyclic) bond motifs is 2. The zero-order chi connectivity index (χ0) is 16.7. The Bertz CT molecular complexity index is 1090. The molecule has 4 rings (SSSR count). The molecule has 0 saturated heterocycles. The number of ether oxygens (including phenoxy) is 1. The number of hydrogen-bond acceptors (Lipinski definition) is 5. The van der Waals surface area contributed by atoms with Crippen LogP contribution in [0, 0.1) is 10.1 Å². The van der Waals surface area contributed by atoms with Gasteiger partial charge in [0.25, 0.3) is 0 Å². The summed E-state index contributed by atoms with van der Waals surface area (Å²) in [5, 5.41) is 14.4. The summed E-state index contributed by atoms with van der Waals surface area (Å²) >= 11 is 1.31. The maximum absolute atomic E-state index is 11.4. The van der Waals surface area contributed by atoms with E-state index in [2.05, 4.69) is 11.1 Å². The van der Waals surface area contributed by atoms with Gasteiger partial charge in [-0.1, -0.05) is 36.4 Å². The number of thiazole rings is 1. The molecule has 0 aliphatic heterocycles. The Balaban J connectivity index is 1.93. The fraction of sp³-hybridized carbons (Fsp3) is 0.0556. The summed E-state index contributed by atoms with van der Waals surface area (Å²) in [5.41, 5.74) is 1.53. The molecule has 0 atom stereocenters. The van der Waals surface area contributed by atoms with Gasteiger partial charge in [-0.2, -0.15) is 0 Å². The van der Waals surface area contributed by atoms with E-state index in [-0.39, 0.29) is 11.4 Å². The SMILES string of the molecule is COc1ccc2nc(-c3ccc4ccccc4c3)sc2c1[N+](=O)[O-]. The van der Waals surface area contributed by atoms with E-state index in [0.29, 0.717) is 10.2 Å². The Morgan fingerprint density at radius 1 is 1.08 bits per heavy atom. The summed E-state index contributed by atoms with van der Waals surface area (Å²) in [6.07, 6.45) is 0. The molecule has 0 saturated carbocycles. The number of aromatic nitrogens is 1. The largest absolute Gasteiger partial charge is 0.490 e. The highest BCUT2D eigenvalue weighted by molar-refractivity contribution is 7.22. The molecule has 1 aromatic heterocycles. The highest BCUT2D eigenvalue weighted by Crippen LogP contribution is 2.41. The van der Waals surface area contributed by atoms with E-state index in [1.54, 1.807) is 12.1 Å². The average molecular weight is 336 g/mol. The third-order valence-corrected chi connectivity index (χ3v) is 5.02. The van der Waals surface area contributed by atoms with Gasteiger partial charge >= 0.3 is 5.69 Å². The zero-order valence-corrected chi connectivity index (χ0v) is 13.5. The normalized spacial score (nSPS) is 11.0. The standard InChI is InChI=1S/C18H12N2O3S/c1-23-15-9-8-14-17(16(15)20(21)22)24-18(19-14)13-7-6-11-4-2-3-5-12(11)10-13/h2-10H,1H3. The van der Waals surface area contributed by atoms with Gasteiger partial charge in [0.1, 0.15) is 9.71 Å². The van der Waals surface area contributed by atoms with Crippen molar-refractivity contribution in [1.29, 1.82) is 0 Å². The van der Waals surface area contributed by atoms with Gasteiger partial charge in [-0.3, -0.25) is 10.1 Å². The van der Waals surface area contributed by atoms with Crippen LogP contribution in [0.25, 0.3) is 31.6 Å². The maximum atomic E-state index is 11.4. The molecular formula is C18H12N2O3S. The predicted molar refractivity (Wildman–Crippen MR) is 95.8 cm³/mol. The minimum Gasteiger partial charge on any atom is -0.490 e. The van der Waals surface area contributed by atoms with E-state index >= 15 is 0 Å². The van der Waals surface area contributed by atoms with E-state index in [1.165, 1.54) is 18.4 Å². The van der Waals surface area contributed by atoms with Crippen molar-refractivity contribution in [2.75, 3.05) is 7.11 Å². The Kier molecular flexibility index (Phi) is 3.39. The molecule has 0 unspecified atom stereocenters. The van der Waals surface area contributed by atoms with Gasteiger partial charge in [-0.25, -0.2) is 4.98 Å². The number of hydrogen-bond donors (Lipinski definition) is 0. The minimum atomic E-state index is -0.413. The van der Waals surface area contributed by atoms with Crippen LogP contribution in [-0.2, 0) is 0 Å². The molecule has 0 aliphatic rings. The molecule has 118 valence electrons. The van der Waals surface area contributed by atoms with Crippen LogP contribution < -0.4 is 4.74 Å². The van der Waals surface area contributed by atoms with Crippen LogP contribution in [0.5, 0.6) is 5.75 Å². The van der Waals surface area contributed by atoms with E-state index < -0.39 is 4.92 Å². The first-order valence-electron chi connectivity index (χ1n) is 7.28. The van der Waals surface area contributed by atoms with Crippen molar-refractivity contribution in [2.24, 2.45) is 0 Å². The van der Waals surface area contributed by atoms with Crippen LogP contribution >= 0.6 is 11.3 Å². The number of benzene rings is 3. The van der Waals surface area contributed by atoms with E-state index in [9.17, 15) is 10.1 Å². The lowest BCUT2D eigenvalue weighted by molar-refractivity contribution is -0.383. The van der Waals surface area contributed by atoms with Gasteiger partial charge in [0, 0.05) is 5.56 Å². The van der Waals surface area contributed by atoms with Crippen molar-refractivity contribution in [3.05, 3.63) is 64.7 Å². The van der Waals surface area contributed by atoms with Crippen LogP contribution in [0.15, 0.2) is 54.6 Å². The number of nitro benzene ring substituents is 1. The van der Waals surface area contributed by atoms with Crippen molar-refractivity contribution >= 4 is 38.0 Å². The maximum Gasteiger partial charge on any atom is 0.330 e. The summed E-state index contributed by atoms with van der Waals surface area (Å²) in [5.74, 6) is 0.251. The van der Waals surface area contributed by atoms with Gasteiger partial charge in [0.15, 0.2) is 5.75 Å². The Hall–Kier alpha value is -2.99. The van der Waals surface area contributed by atoms with Crippen molar-refractivity contribution < 1.29 is 9.66 Å². The molecule has 0 amide bonds. The van der Waals surface area contributed by atoms with Crippen LogP contribution in [0.2, 0.25) is 0 Å². The van der Waals surface area contributed by atoms with Gasteiger partial charge in [-0.15, -0.1) is 11.3 Å². The van der Waals surface area contributed by atoms with E-state index in [4.69, 9.17) is 4.74 Å². The molecule has 24 heavy (non-hydrogen) atoms. The topological polar surface area (TPSA) is 65.3 Å². The molecule has 6 heteroatoms. The lowest BCUT2D eigenvalue weighted by atomic mass is 10.1. The molecule has 0 bridgehead atoms. The minimum absolute atomic E-state index is 0.0282. The first-order chi connectivity index (χ1) is 11.7. The summed E-state index contributed by atoms with van der Waals surface area (Å²) in [7, 11) is 1.43.